The van der Waals surface area contributed by atoms with E-state index < -0.39 is 23.5 Å². The third-order valence-corrected chi connectivity index (χ3v) is 6.81. The fourth-order valence-corrected chi connectivity index (χ4v) is 4.90. The van der Waals surface area contributed by atoms with Crippen LogP contribution in [0.5, 0.6) is 11.5 Å². The van der Waals surface area contributed by atoms with Gasteiger partial charge in [0.25, 0.3) is 5.56 Å². The molecule has 6 nitrogen and oxygen atoms in total. The summed E-state index contributed by atoms with van der Waals surface area (Å²) in [6, 6.07) is 9.75. The molecule has 35 heavy (non-hydrogen) atoms. The van der Waals surface area contributed by atoms with Crippen LogP contribution >= 0.6 is 11.3 Å². The van der Waals surface area contributed by atoms with Crippen LogP contribution in [0.2, 0.25) is 0 Å². The van der Waals surface area contributed by atoms with Crippen LogP contribution in [0.15, 0.2) is 53.5 Å². The van der Waals surface area contributed by atoms with Gasteiger partial charge in [-0.05, 0) is 56.3 Å². The van der Waals surface area contributed by atoms with Crippen molar-refractivity contribution in [3.63, 3.8) is 0 Å². The zero-order chi connectivity index (χ0) is 25.5. The predicted octanol–water partition coefficient (Wildman–Crippen LogP) is 5.17. The summed E-state index contributed by atoms with van der Waals surface area (Å²) in [6.07, 6.45) is 0.694. The van der Waals surface area contributed by atoms with Crippen LogP contribution in [0.4, 0.5) is 8.78 Å². The molecule has 0 amide bonds. The highest BCUT2D eigenvalue weighted by atomic mass is 32.1. The Morgan fingerprint density at radius 3 is 2.49 bits per heavy atom. The van der Waals surface area contributed by atoms with Crippen LogP contribution in [0, 0.1) is 11.6 Å². The Kier molecular flexibility index (Phi) is 6.79. The lowest BCUT2D eigenvalue weighted by atomic mass is 9.93. The zero-order valence-electron chi connectivity index (χ0n) is 19.7. The molecule has 0 radical (unpaired) electrons. The highest BCUT2D eigenvalue weighted by molar-refractivity contribution is 7.19. The van der Waals surface area contributed by atoms with Crippen molar-refractivity contribution < 1.29 is 23.7 Å². The normalized spacial score (nSPS) is 12.8. The van der Waals surface area contributed by atoms with Gasteiger partial charge in [0.15, 0.2) is 11.6 Å². The van der Waals surface area contributed by atoms with Gasteiger partial charge in [-0.1, -0.05) is 13.0 Å². The summed E-state index contributed by atoms with van der Waals surface area (Å²) in [6.45, 7) is 5.67. The van der Waals surface area contributed by atoms with Crippen molar-refractivity contribution >= 4 is 21.4 Å². The average molecular weight is 501 g/mol. The molecule has 0 spiro atoms. The van der Waals surface area contributed by atoms with Gasteiger partial charge in [-0.2, -0.15) is 0 Å². The maximum absolute atomic E-state index is 14.4. The van der Waals surface area contributed by atoms with Gasteiger partial charge < -0.3 is 19.5 Å². The summed E-state index contributed by atoms with van der Waals surface area (Å²) in [5.74, 6) is -1.50. The van der Waals surface area contributed by atoms with Crippen molar-refractivity contribution in [1.82, 2.24) is 9.88 Å². The molecule has 184 valence electrons. The Hall–Kier alpha value is -3.11. The summed E-state index contributed by atoms with van der Waals surface area (Å²) in [5, 5.41) is 24.6. The molecule has 2 aromatic carbocycles. The van der Waals surface area contributed by atoms with Crippen LogP contribution < -0.4 is 15.6 Å². The number of aliphatic hydroxyl groups excluding tert-OH is 1. The quantitative estimate of drug-likeness (QED) is 0.305. The maximum Gasteiger partial charge on any atom is 0.268 e. The Labute approximate surface area is 205 Å². The van der Waals surface area contributed by atoms with Crippen LogP contribution in [0.1, 0.15) is 37.4 Å². The lowest BCUT2D eigenvalue weighted by Gasteiger charge is -2.21. The van der Waals surface area contributed by atoms with E-state index in [4.69, 9.17) is 4.74 Å². The van der Waals surface area contributed by atoms with Gasteiger partial charge >= 0.3 is 0 Å². The van der Waals surface area contributed by atoms with E-state index in [1.165, 1.54) is 22.0 Å². The number of pyridine rings is 1. The van der Waals surface area contributed by atoms with E-state index in [0.717, 1.165) is 12.1 Å². The molecule has 0 saturated heterocycles. The third kappa shape index (κ3) is 4.99. The summed E-state index contributed by atoms with van der Waals surface area (Å²) in [4.78, 5) is 13.5. The van der Waals surface area contributed by atoms with Gasteiger partial charge in [-0.15, -0.1) is 11.3 Å². The van der Waals surface area contributed by atoms with Crippen LogP contribution in [0.25, 0.3) is 21.2 Å². The number of hydrogen-bond donors (Lipinski definition) is 3. The molecule has 1 unspecified atom stereocenters. The number of rotatable bonds is 7. The Bertz CT molecular complexity index is 1460. The molecule has 2 heterocycles. The van der Waals surface area contributed by atoms with Gasteiger partial charge in [0.05, 0.1) is 5.60 Å². The zero-order valence-corrected chi connectivity index (χ0v) is 20.5. The second-order valence-electron chi connectivity index (χ2n) is 8.76. The summed E-state index contributed by atoms with van der Waals surface area (Å²) < 4.78 is 35.5. The van der Waals surface area contributed by atoms with Gasteiger partial charge in [0, 0.05) is 40.7 Å². The van der Waals surface area contributed by atoms with Gasteiger partial charge in [-0.25, -0.2) is 8.78 Å². The number of benzene rings is 2. The first kappa shape index (κ1) is 25.0. The van der Waals surface area contributed by atoms with E-state index in [-0.39, 0.29) is 17.1 Å². The van der Waals surface area contributed by atoms with Crippen molar-refractivity contribution in [1.29, 1.82) is 0 Å². The van der Waals surface area contributed by atoms with Crippen molar-refractivity contribution in [2.24, 2.45) is 7.05 Å². The van der Waals surface area contributed by atoms with Gasteiger partial charge in [0.1, 0.15) is 22.5 Å². The van der Waals surface area contributed by atoms with E-state index in [0.29, 0.717) is 38.2 Å². The first-order valence-corrected chi connectivity index (χ1v) is 11.9. The monoisotopic (exact) mass is 500 g/mol. The molecule has 0 aliphatic heterocycles. The molecule has 0 bridgehead atoms. The number of nitrogens with zero attached hydrogens (tertiary/aromatic N) is 1. The number of aryl methyl sites for hydroxylation is 1. The first-order chi connectivity index (χ1) is 16.5. The number of fused-ring (bicyclic) bond motifs is 1. The molecule has 1 atom stereocenters. The smallest absolute Gasteiger partial charge is 0.268 e. The van der Waals surface area contributed by atoms with Crippen molar-refractivity contribution in [3.8, 4) is 22.6 Å². The first-order valence-electron chi connectivity index (χ1n) is 11.0. The number of aromatic nitrogens is 1. The second kappa shape index (κ2) is 9.50. The van der Waals surface area contributed by atoms with Crippen LogP contribution in [-0.4, -0.2) is 21.3 Å². The lowest BCUT2D eigenvalue weighted by Crippen LogP contribution is -2.18. The molecular formula is C26H26F2N2O4S. The molecule has 0 fully saturated rings. The molecule has 0 saturated carbocycles. The minimum Gasteiger partial charge on any atom is -0.454 e. The van der Waals surface area contributed by atoms with Crippen LogP contribution in [-0.2, 0) is 12.6 Å². The molecule has 4 aromatic rings. The number of hydrogen-bond acceptors (Lipinski definition) is 6. The summed E-state index contributed by atoms with van der Waals surface area (Å²) in [5.41, 5.74) is 0.252. The third-order valence-electron chi connectivity index (χ3n) is 5.64. The lowest BCUT2D eigenvalue weighted by molar-refractivity contribution is 0.0786. The summed E-state index contributed by atoms with van der Waals surface area (Å²) in [7, 11) is 1.62. The van der Waals surface area contributed by atoms with Crippen LogP contribution in [0.3, 0.4) is 0 Å². The van der Waals surface area contributed by atoms with E-state index in [1.54, 1.807) is 51.4 Å². The minimum absolute atomic E-state index is 0.168. The Morgan fingerprint density at radius 2 is 1.83 bits per heavy atom. The second-order valence-corrected chi connectivity index (χ2v) is 9.84. The molecule has 0 aliphatic carbocycles. The number of ether oxygens (including phenoxy) is 1. The highest BCUT2D eigenvalue weighted by Gasteiger charge is 2.23. The molecule has 2 aromatic heterocycles. The number of aliphatic hydroxyl groups is 2. The maximum atomic E-state index is 14.4. The topological polar surface area (TPSA) is 83.7 Å². The van der Waals surface area contributed by atoms with Crippen molar-refractivity contribution in [2.75, 3.05) is 6.54 Å². The number of halogens is 2. The largest absolute Gasteiger partial charge is 0.454 e. The van der Waals surface area contributed by atoms with E-state index >= 15 is 0 Å². The minimum atomic E-state index is -1.19. The standard InChI is InChI=1S/C26H26F2N2O4S/c1-5-29-24(31)22-12-17-18(13-30(4)25(32)23(17)35-22)16-10-14(26(2,3)33)6-8-20(16)34-21-9-7-15(27)11-19(21)28/h6-13,24,29,31,33H,5H2,1-4H3. The summed E-state index contributed by atoms with van der Waals surface area (Å²) >= 11 is 1.18. The van der Waals surface area contributed by atoms with E-state index in [9.17, 15) is 23.8 Å². The van der Waals surface area contributed by atoms with E-state index in [1.807, 2.05) is 6.92 Å². The Morgan fingerprint density at radius 1 is 1.11 bits per heavy atom. The van der Waals surface area contributed by atoms with Gasteiger partial charge in [0.2, 0.25) is 0 Å². The SMILES string of the molecule is CCNC(O)c1cc2c(-c3cc(C(C)(C)O)ccc3Oc3ccc(F)cc3F)cn(C)c(=O)c2s1. The molecule has 3 N–H and O–H groups in total. The molecule has 4 rings (SSSR count). The van der Waals surface area contributed by atoms with E-state index in [2.05, 4.69) is 5.32 Å². The number of nitrogens with one attached hydrogen (secondary N) is 1. The predicted molar refractivity (Wildman–Crippen MR) is 133 cm³/mol. The van der Waals surface area contributed by atoms with Crippen molar-refractivity contribution in [3.05, 3.63) is 81.1 Å². The highest BCUT2D eigenvalue weighted by Crippen LogP contribution is 2.41. The number of thiophene rings is 1. The Balaban J connectivity index is 1.97. The fourth-order valence-electron chi connectivity index (χ4n) is 3.78. The molecule has 0 aliphatic rings. The van der Waals surface area contributed by atoms with Gasteiger partial charge in [-0.3, -0.25) is 10.1 Å². The van der Waals surface area contributed by atoms with Crippen molar-refractivity contribution in [2.45, 2.75) is 32.6 Å². The fraction of sp³-hybridized carbons (Fsp3) is 0.269. The average Bonchev–Trinajstić information content (AvgIpc) is 3.24. The molecular weight excluding hydrogens is 474 g/mol. The molecule has 9 heteroatoms.